The average molecular weight is 294 g/mol. The van der Waals surface area contributed by atoms with Crippen molar-refractivity contribution < 1.29 is 13.9 Å². The average Bonchev–Trinajstić information content (AvgIpc) is 2.79. The van der Waals surface area contributed by atoms with E-state index in [1.54, 1.807) is 12.1 Å². The predicted octanol–water partition coefficient (Wildman–Crippen LogP) is 3.84. The van der Waals surface area contributed by atoms with Crippen LogP contribution in [0.15, 0.2) is 24.3 Å². The second-order valence-electron chi connectivity index (χ2n) is 5.64. The van der Waals surface area contributed by atoms with Crippen molar-refractivity contribution in [2.75, 3.05) is 6.61 Å². The van der Waals surface area contributed by atoms with Gasteiger partial charge >= 0.3 is 0 Å². The highest BCUT2D eigenvalue weighted by Gasteiger charge is 2.37. The molecular formula is C16H19FO2S. The van der Waals surface area contributed by atoms with Gasteiger partial charge in [-0.15, -0.1) is 0 Å². The number of thioether (sulfide) groups is 1. The maximum absolute atomic E-state index is 12.7. The van der Waals surface area contributed by atoms with Gasteiger partial charge in [0.15, 0.2) is 0 Å². The highest BCUT2D eigenvalue weighted by molar-refractivity contribution is 8.00. The maximum Gasteiger partial charge on any atom is 0.139 e. The van der Waals surface area contributed by atoms with Crippen LogP contribution in [0.5, 0.6) is 5.75 Å². The maximum atomic E-state index is 12.7. The van der Waals surface area contributed by atoms with E-state index in [9.17, 15) is 9.18 Å². The van der Waals surface area contributed by atoms with Gasteiger partial charge in [-0.2, -0.15) is 11.8 Å². The topological polar surface area (TPSA) is 26.3 Å². The van der Waals surface area contributed by atoms with Gasteiger partial charge in [0.2, 0.25) is 0 Å². The lowest BCUT2D eigenvalue weighted by Crippen LogP contribution is -2.25. The Bertz CT molecular complexity index is 462. The molecule has 0 saturated carbocycles. The minimum atomic E-state index is -0.274. The van der Waals surface area contributed by atoms with Crippen LogP contribution in [-0.4, -0.2) is 22.9 Å². The van der Waals surface area contributed by atoms with Crippen molar-refractivity contribution in [2.45, 2.75) is 42.6 Å². The van der Waals surface area contributed by atoms with E-state index in [0.717, 1.165) is 12.8 Å². The van der Waals surface area contributed by atoms with E-state index in [1.807, 2.05) is 0 Å². The molecular weight excluding hydrogens is 275 g/mol. The molecule has 0 radical (unpaired) electrons. The minimum Gasteiger partial charge on any atom is -0.493 e. The number of rotatable bonds is 5. The summed E-state index contributed by atoms with van der Waals surface area (Å²) in [7, 11) is 0. The van der Waals surface area contributed by atoms with E-state index in [0.29, 0.717) is 35.1 Å². The van der Waals surface area contributed by atoms with Crippen molar-refractivity contribution in [2.24, 2.45) is 5.92 Å². The normalized spacial score (nSPS) is 28.4. The van der Waals surface area contributed by atoms with Gasteiger partial charge in [-0.3, -0.25) is 4.79 Å². The van der Waals surface area contributed by atoms with Gasteiger partial charge in [-0.1, -0.05) is 0 Å². The van der Waals surface area contributed by atoms with Crippen molar-refractivity contribution in [1.82, 2.24) is 0 Å². The van der Waals surface area contributed by atoms with Gasteiger partial charge < -0.3 is 4.74 Å². The van der Waals surface area contributed by atoms with Gasteiger partial charge in [0, 0.05) is 22.8 Å². The van der Waals surface area contributed by atoms with Crippen LogP contribution in [-0.2, 0) is 4.79 Å². The molecule has 108 valence electrons. The molecule has 0 amide bonds. The number of hydrogen-bond acceptors (Lipinski definition) is 3. The Hall–Kier alpha value is -1.03. The molecule has 0 aromatic heterocycles. The van der Waals surface area contributed by atoms with Crippen LogP contribution in [0.25, 0.3) is 0 Å². The number of carbonyl (C=O) groups is 1. The summed E-state index contributed by atoms with van der Waals surface area (Å²) in [6.07, 6.45) is 5.13. The third-order valence-electron chi connectivity index (χ3n) is 4.18. The molecule has 20 heavy (non-hydrogen) atoms. The number of benzene rings is 1. The second-order valence-corrected chi connectivity index (χ2v) is 7.25. The first-order chi connectivity index (χ1) is 9.70. The summed E-state index contributed by atoms with van der Waals surface area (Å²) in [4.78, 5) is 12.2. The summed E-state index contributed by atoms with van der Waals surface area (Å²) in [6.45, 7) is 0.392. The van der Waals surface area contributed by atoms with E-state index in [1.165, 1.54) is 25.0 Å². The third-order valence-corrected chi connectivity index (χ3v) is 5.80. The highest BCUT2D eigenvalue weighted by atomic mass is 32.2. The number of fused-ring (bicyclic) bond motifs is 2. The molecule has 3 rings (SSSR count). The zero-order valence-electron chi connectivity index (χ0n) is 11.4. The van der Waals surface area contributed by atoms with Gasteiger partial charge in [-0.25, -0.2) is 4.39 Å². The first kappa shape index (κ1) is 13.9. The minimum absolute atomic E-state index is 0.241. The predicted molar refractivity (Wildman–Crippen MR) is 78.6 cm³/mol. The van der Waals surface area contributed by atoms with Crippen LogP contribution in [0.4, 0.5) is 4.39 Å². The van der Waals surface area contributed by atoms with Gasteiger partial charge in [-0.05, 0) is 49.9 Å². The Morgan fingerprint density at radius 2 is 1.85 bits per heavy atom. The van der Waals surface area contributed by atoms with Crippen LogP contribution >= 0.6 is 11.8 Å². The van der Waals surface area contributed by atoms with Gasteiger partial charge in [0.1, 0.15) is 17.3 Å². The first-order valence-corrected chi connectivity index (χ1v) is 8.21. The number of carbonyl (C=O) groups excluding carboxylic acids is 1. The van der Waals surface area contributed by atoms with Gasteiger partial charge in [0.05, 0.1) is 6.61 Å². The molecule has 2 atom stereocenters. The zero-order valence-corrected chi connectivity index (χ0v) is 12.2. The molecule has 2 bridgehead atoms. The Labute approximate surface area is 123 Å². The SMILES string of the molecule is O=C(CCOc1ccc(F)cc1)C1CC2CCC(C1)S2. The smallest absolute Gasteiger partial charge is 0.139 e. The van der Waals surface area contributed by atoms with Crippen LogP contribution in [0.2, 0.25) is 0 Å². The monoisotopic (exact) mass is 294 g/mol. The number of ketones is 1. The molecule has 2 nitrogen and oxygen atoms in total. The van der Waals surface area contributed by atoms with Crippen LogP contribution in [0, 0.1) is 11.7 Å². The molecule has 2 aliphatic heterocycles. The number of halogens is 1. The zero-order chi connectivity index (χ0) is 13.9. The molecule has 2 saturated heterocycles. The van der Waals surface area contributed by atoms with Crippen molar-refractivity contribution >= 4 is 17.5 Å². The van der Waals surface area contributed by atoms with Crippen LogP contribution < -0.4 is 4.74 Å². The first-order valence-electron chi connectivity index (χ1n) is 7.27. The third kappa shape index (κ3) is 3.35. The largest absolute Gasteiger partial charge is 0.493 e. The van der Waals surface area contributed by atoms with Crippen molar-refractivity contribution in [3.63, 3.8) is 0 Å². The van der Waals surface area contributed by atoms with E-state index in [-0.39, 0.29) is 11.7 Å². The molecule has 1 aromatic rings. The summed E-state index contributed by atoms with van der Waals surface area (Å²) < 4.78 is 18.2. The Balaban J connectivity index is 1.44. The number of ether oxygens (including phenoxy) is 1. The quantitative estimate of drug-likeness (QED) is 0.825. The lowest BCUT2D eigenvalue weighted by molar-refractivity contribution is -0.123. The molecule has 0 N–H and O–H groups in total. The van der Waals surface area contributed by atoms with Crippen molar-refractivity contribution in [3.05, 3.63) is 30.1 Å². The molecule has 1 aromatic carbocycles. The van der Waals surface area contributed by atoms with Gasteiger partial charge in [0.25, 0.3) is 0 Å². The van der Waals surface area contributed by atoms with Crippen LogP contribution in [0.3, 0.4) is 0 Å². The molecule has 4 heteroatoms. The Morgan fingerprint density at radius 3 is 2.50 bits per heavy atom. The number of Topliss-reactive ketones (excluding diaryl/α,β-unsaturated/α-hetero) is 1. The van der Waals surface area contributed by atoms with E-state index in [2.05, 4.69) is 11.8 Å². The van der Waals surface area contributed by atoms with E-state index >= 15 is 0 Å². The van der Waals surface area contributed by atoms with Crippen molar-refractivity contribution in [1.29, 1.82) is 0 Å². The summed E-state index contributed by atoms with van der Waals surface area (Å²) in [5.74, 6) is 0.928. The molecule has 2 fully saturated rings. The molecule has 2 heterocycles. The summed E-state index contributed by atoms with van der Waals surface area (Å²) in [6, 6.07) is 5.93. The fourth-order valence-electron chi connectivity index (χ4n) is 3.13. The molecule has 0 spiro atoms. The molecule has 2 aliphatic rings. The summed E-state index contributed by atoms with van der Waals surface area (Å²) in [5.41, 5.74) is 0. The fourth-order valence-corrected chi connectivity index (χ4v) is 4.90. The van der Waals surface area contributed by atoms with Crippen molar-refractivity contribution in [3.8, 4) is 5.75 Å². The standard InChI is InChI=1S/C16H19FO2S/c17-12-1-3-13(4-2-12)19-8-7-16(18)11-9-14-5-6-15(10-11)20-14/h1-4,11,14-15H,5-10H2. The lowest BCUT2D eigenvalue weighted by Gasteiger charge is -2.26. The van der Waals surface area contributed by atoms with E-state index in [4.69, 9.17) is 4.74 Å². The fraction of sp³-hybridized carbons (Fsp3) is 0.562. The number of hydrogen-bond donors (Lipinski definition) is 0. The molecule has 2 unspecified atom stereocenters. The summed E-state index contributed by atoms with van der Waals surface area (Å²) >= 11 is 2.08. The Kier molecular flexibility index (Phi) is 4.29. The molecule has 0 aliphatic carbocycles. The van der Waals surface area contributed by atoms with E-state index < -0.39 is 0 Å². The summed E-state index contributed by atoms with van der Waals surface area (Å²) in [5, 5.41) is 1.42. The second kappa shape index (κ2) is 6.17. The Morgan fingerprint density at radius 1 is 1.20 bits per heavy atom. The van der Waals surface area contributed by atoms with Crippen LogP contribution in [0.1, 0.15) is 32.1 Å². The lowest BCUT2D eigenvalue weighted by atomic mass is 9.93. The highest BCUT2D eigenvalue weighted by Crippen LogP contribution is 2.46.